The number of nitrogens with zero attached hydrogens (tertiary/aromatic N) is 1. The van der Waals surface area contributed by atoms with Crippen molar-refractivity contribution in [1.29, 1.82) is 0 Å². The number of aromatic nitrogens is 1. The molecule has 1 aromatic heterocycles. The summed E-state index contributed by atoms with van der Waals surface area (Å²) >= 11 is 0. The molecule has 0 saturated heterocycles. The fourth-order valence-corrected chi connectivity index (χ4v) is 2.56. The molecule has 2 atom stereocenters. The second kappa shape index (κ2) is 5.44. The van der Waals surface area contributed by atoms with Crippen LogP contribution in [0.2, 0.25) is 0 Å². The lowest BCUT2D eigenvalue weighted by molar-refractivity contribution is -0.138. The summed E-state index contributed by atoms with van der Waals surface area (Å²) in [5.74, 6) is -0.713. The number of alkyl halides is 3. The lowest BCUT2D eigenvalue weighted by Crippen LogP contribution is -2.16. The average Bonchev–Trinajstić information content (AvgIpc) is 3.28. The summed E-state index contributed by atoms with van der Waals surface area (Å²) in [6, 6.07) is 10.5. The van der Waals surface area contributed by atoms with Crippen LogP contribution in [0.5, 0.6) is 0 Å². The number of benzene rings is 1. The van der Waals surface area contributed by atoms with Gasteiger partial charge in [0.15, 0.2) is 0 Å². The summed E-state index contributed by atoms with van der Waals surface area (Å²) < 4.78 is 39.0. The number of nitrogens with one attached hydrogen (secondary N) is 1. The molecule has 3 rings (SSSR count). The zero-order valence-corrected chi connectivity index (χ0v) is 11.5. The highest BCUT2D eigenvalue weighted by molar-refractivity contribution is 5.94. The summed E-state index contributed by atoms with van der Waals surface area (Å²) in [7, 11) is 0. The topological polar surface area (TPSA) is 42.0 Å². The van der Waals surface area contributed by atoms with E-state index in [4.69, 9.17) is 0 Å². The number of amides is 1. The van der Waals surface area contributed by atoms with Crippen molar-refractivity contribution >= 4 is 11.7 Å². The standard InChI is InChI=1S/C16H13F3N2O/c17-16(18,19)13-6-2-1-5-10(13)11-9-12(11)15(22)21-14-7-3-4-8-20-14/h1-8,11-12H,9H2,(H,20,21,22). The van der Waals surface area contributed by atoms with Gasteiger partial charge in [0.1, 0.15) is 5.82 Å². The Bertz CT molecular complexity index is 685. The molecule has 0 aliphatic heterocycles. The van der Waals surface area contributed by atoms with E-state index in [1.165, 1.54) is 12.1 Å². The third-order valence-electron chi connectivity index (χ3n) is 3.71. The first kappa shape index (κ1) is 14.6. The van der Waals surface area contributed by atoms with Crippen molar-refractivity contribution in [2.45, 2.75) is 18.5 Å². The minimum Gasteiger partial charge on any atom is -0.310 e. The van der Waals surface area contributed by atoms with Crippen molar-refractivity contribution in [3.63, 3.8) is 0 Å². The van der Waals surface area contributed by atoms with Crippen LogP contribution in [0.3, 0.4) is 0 Å². The Labute approximate surface area is 125 Å². The summed E-state index contributed by atoms with van der Waals surface area (Å²) in [6.07, 6.45) is -2.44. The van der Waals surface area contributed by atoms with Gasteiger partial charge < -0.3 is 5.32 Å². The van der Waals surface area contributed by atoms with Gasteiger partial charge in [-0.05, 0) is 36.1 Å². The van der Waals surface area contributed by atoms with Crippen LogP contribution < -0.4 is 5.32 Å². The van der Waals surface area contributed by atoms with E-state index in [2.05, 4.69) is 10.3 Å². The van der Waals surface area contributed by atoms with Crippen molar-refractivity contribution in [3.05, 3.63) is 59.8 Å². The van der Waals surface area contributed by atoms with Gasteiger partial charge in [-0.3, -0.25) is 4.79 Å². The highest BCUT2D eigenvalue weighted by atomic mass is 19.4. The maximum absolute atomic E-state index is 13.0. The molecule has 0 radical (unpaired) electrons. The third-order valence-corrected chi connectivity index (χ3v) is 3.71. The zero-order chi connectivity index (χ0) is 15.7. The summed E-state index contributed by atoms with van der Waals surface area (Å²) in [4.78, 5) is 16.1. The van der Waals surface area contributed by atoms with Gasteiger partial charge in [-0.25, -0.2) is 4.98 Å². The Hall–Kier alpha value is -2.37. The molecule has 1 amide bonds. The third kappa shape index (κ3) is 2.95. The fourth-order valence-electron chi connectivity index (χ4n) is 2.56. The molecule has 0 bridgehead atoms. The quantitative estimate of drug-likeness (QED) is 0.936. The number of pyridine rings is 1. The van der Waals surface area contributed by atoms with Crippen LogP contribution in [-0.2, 0) is 11.0 Å². The Morgan fingerprint density at radius 1 is 1.14 bits per heavy atom. The molecule has 2 aromatic rings. The Morgan fingerprint density at radius 2 is 1.86 bits per heavy atom. The molecule has 0 spiro atoms. The van der Waals surface area contributed by atoms with Gasteiger partial charge in [-0.15, -0.1) is 0 Å². The fraction of sp³-hybridized carbons (Fsp3) is 0.250. The number of hydrogen-bond donors (Lipinski definition) is 1. The van der Waals surface area contributed by atoms with Crippen LogP contribution in [0.25, 0.3) is 0 Å². The highest BCUT2D eigenvalue weighted by Crippen LogP contribution is 2.51. The number of anilines is 1. The second-order valence-electron chi connectivity index (χ2n) is 5.24. The van der Waals surface area contributed by atoms with E-state index in [1.54, 1.807) is 30.5 Å². The van der Waals surface area contributed by atoms with Crippen LogP contribution >= 0.6 is 0 Å². The molecular formula is C16H13F3N2O. The SMILES string of the molecule is O=C(Nc1ccccn1)C1CC1c1ccccc1C(F)(F)F. The first-order valence-corrected chi connectivity index (χ1v) is 6.85. The number of halogens is 3. The molecule has 1 aliphatic rings. The molecule has 1 fully saturated rings. The molecule has 6 heteroatoms. The average molecular weight is 306 g/mol. The van der Waals surface area contributed by atoms with Crippen LogP contribution in [-0.4, -0.2) is 10.9 Å². The molecule has 1 saturated carbocycles. The van der Waals surface area contributed by atoms with Crippen molar-refractivity contribution in [2.24, 2.45) is 5.92 Å². The minimum atomic E-state index is -4.40. The first-order valence-electron chi connectivity index (χ1n) is 6.85. The van der Waals surface area contributed by atoms with Gasteiger partial charge in [0.25, 0.3) is 0 Å². The molecule has 3 nitrogen and oxygen atoms in total. The molecular weight excluding hydrogens is 293 g/mol. The molecule has 114 valence electrons. The maximum Gasteiger partial charge on any atom is 0.416 e. The van der Waals surface area contributed by atoms with Crippen LogP contribution in [0.1, 0.15) is 23.5 Å². The molecule has 1 heterocycles. The van der Waals surface area contributed by atoms with Crippen molar-refractivity contribution < 1.29 is 18.0 Å². The molecule has 1 aromatic carbocycles. The zero-order valence-electron chi connectivity index (χ0n) is 11.5. The molecule has 1 N–H and O–H groups in total. The van der Waals surface area contributed by atoms with Gasteiger partial charge in [0.05, 0.1) is 5.56 Å². The Balaban J connectivity index is 1.74. The lowest BCUT2D eigenvalue weighted by Gasteiger charge is -2.12. The highest BCUT2D eigenvalue weighted by Gasteiger charge is 2.47. The van der Waals surface area contributed by atoms with E-state index in [-0.39, 0.29) is 17.4 Å². The van der Waals surface area contributed by atoms with Crippen LogP contribution in [0.4, 0.5) is 19.0 Å². The lowest BCUT2D eigenvalue weighted by atomic mass is 10.0. The van der Waals surface area contributed by atoms with Gasteiger partial charge >= 0.3 is 6.18 Å². The number of rotatable bonds is 3. The molecule has 2 unspecified atom stereocenters. The number of carbonyl (C=O) groups excluding carboxylic acids is 1. The van der Waals surface area contributed by atoms with Crippen molar-refractivity contribution in [1.82, 2.24) is 4.98 Å². The number of hydrogen-bond acceptors (Lipinski definition) is 2. The predicted molar refractivity (Wildman–Crippen MR) is 75.2 cm³/mol. The monoisotopic (exact) mass is 306 g/mol. The van der Waals surface area contributed by atoms with E-state index in [0.29, 0.717) is 12.2 Å². The van der Waals surface area contributed by atoms with Gasteiger partial charge in [-0.2, -0.15) is 13.2 Å². The summed E-state index contributed by atoms with van der Waals surface area (Å²) in [5, 5.41) is 2.63. The predicted octanol–water partition coefficient (Wildman–Crippen LogP) is 3.84. The van der Waals surface area contributed by atoms with E-state index in [1.807, 2.05) is 0 Å². The van der Waals surface area contributed by atoms with Crippen LogP contribution in [0, 0.1) is 5.92 Å². The van der Waals surface area contributed by atoms with Gasteiger partial charge in [-0.1, -0.05) is 24.3 Å². The van der Waals surface area contributed by atoms with Crippen LogP contribution in [0.15, 0.2) is 48.7 Å². The largest absolute Gasteiger partial charge is 0.416 e. The first-order chi connectivity index (χ1) is 10.5. The van der Waals surface area contributed by atoms with Gasteiger partial charge in [0, 0.05) is 12.1 Å². The van der Waals surface area contributed by atoms with E-state index < -0.39 is 17.7 Å². The summed E-state index contributed by atoms with van der Waals surface area (Å²) in [6.45, 7) is 0. The smallest absolute Gasteiger partial charge is 0.310 e. The van der Waals surface area contributed by atoms with E-state index in [0.717, 1.165) is 6.07 Å². The van der Waals surface area contributed by atoms with Crippen molar-refractivity contribution in [3.8, 4) is 0 Å². The minimum absolute atomic E-state index is 0.191. The Morgan fingerprint density at radius 3 is 2.55 bits per heavy atom. The van der Waals surface area contributed by atoms with Gasteiger partial charge in [0.2, 0.25) is 5.91 Å². The normalized spacial score (nSPS) is 20.5. The van der Waals surface area contributed by atoms with E-state index >= 15 is 0 Å². The van der Waals surface area contributed by atoms with Crippen molar-refractivity contribution in [2.75, 3.05) is 5.32 Å². The molecule has 1 aliphatic carbocycles. The summed E-state index contributed by atoms with van der Waals surface area (Å²) in [5.41, 5.74) is -0.468. The molecule has 22 heavy (non-hydrogen) atoms. The Kier molecular flexibility index (Phi) is 3.60. The number of carbonyl (C=O) groups is 1. The second-order valence-corrected chi connectivity index (χ2v) is 5.24. The van der Waals surface area contributed by atoms with E-state index in [9.17, 15) is 18.0 Å². The maximum atomic E-state index is 13.0.